The molecule has 1 saturated carbocycles. The average molecular weight is 207 g/mol. The summed E-state index contributed by atoms with van der Waals surface area (Å²) in [6.07, 6.45) is 2.64. The van der Waals surface area contributed by atoms with Crippen LogP contribution in [0.1, 0.15) is 30.7 Å². The Kier molecular flexibility index (Phi) is 2.71. The zero-order valence-electron chi connectivity index (χ0n) is 8.45. The van der Waals surface area contributed by atoms with Gasteiger partial charge in [-0.3, -0.25) is 4.79 Å². The number of hydrogen-bond donors (Lipinski definition) is 1. The summed E-state index contributed by atoms with van der Waals surface area (Å²) in [6, 6.07) is 6.52. The molecule has 2 rings (SSSR count). The molecule has 0 aromatic heterocycles. The van der Waals surface area contributed by atoms with Gasteiger partial charge in [0.05, 0.1) is 0 Å². The van der Waals surface area contributed by atoms with Gasteiger partial charge in [-0.15, -0.1) is 0 Å². The van der Waals surface area contributed by atoms with Crippen LogP contribution in [-0.2, 0) is 4.79 Å². The molecule has 0 aliphatic heterocycles. The first-order valence-corrected chi connectivity index (χ1v) is 5.21. The fourth-order valence-electron chi connectivity index (χ4n) is 2.28. The highest BCUT2D eigenvalue weighted by Crippen LogP contribution is 2.37. The van der Waals surface area contributed by atoms with Gasteiger partial charge in [-0.05, 0) is 42.9 Å². The molecule has 1 aromatic rings. The zero-order chi connectivity index (χ0) is 10.8. The molecule has 1 amide bonds. The summed E-state index contributed by atoms with van der Waals surface area (Å²) >= 11 is 0. The van der Waals surface area contributed by atoms with Crippen LogP contribution in [0.25, 0.3) is 0 Å². The maximum Gasteiger partial charge on any atom is 0.220 e. The minimum absolute atomic E-state index is 0.0000491. The summed E-state index contributed by atoms with van der Waals surface area (Å²) in [5.74, 6) is -0.0639. The topological polar surface area (TPSA) is 43.1 Å². The molecule has 2 nitrogen and oxygen atoms in total. The highest BCUT2D eigenvalue weighted by atomic mass is 19.1. The highest BCUT2D eigenvalue weighted by molar-refractivity contribution is 5.77. The lowest BCUT2D eigenvalue weighted by Crippen LogP contribution is -2.20. The van der Waals surface area contributed by atoms with E-state index in [-0.39, 0.29) is 17.6 Å². The number of carbonyl (C=O) groups is 1. The van der Waals surface area contributed by atoms with E-state index in [2.05, 4.69) is 0 Å². The van der Waals surface area contributed by atoms with E-state index in [0.29, 0.717) is 5.92 Å². The van der Waals surface area contributed by atoms with E-state index in [9.17, 15) is 9.18 Å². The van der Waals surface area contributed by atoms with Crippen LogP contribution >= 0.6 is 0 Å². The van der Waals surface area contributed by atoms with Crippen LogP contribution in [0.5, 0.6) is 0 Å². The smallest absolute Gasteiger partial charge is 0.220 e. The van der Waals surface area contributed by atoms with Gasteiger partial charge < -0.3 is 5.73 Å². The molecule has 2 N–H and O–H groups in total. The number of carbonyl (C=O) groups excluding carboxylic acids is 1. The van der Waals surface area contributed by atoms with Crippen molar-refractivity contribution in [3.63, 3.8) is 0 Å². The molecule has 0 heterocycles. The van der Waals surface area contributed by atoms with Crippen LogP contribution in [0, 0.1) is 11.7 Å². The van der Waals surface area contributed by atoms with Crippen molar-refractivity contribution in [3.05, 3.63) is 35.6 Å². The summed E-state index contributed by atoms with van der Waals surface area (Å²) in [5.41, 5.74) is 6.37. The van der Waals surface area contributed by atoms with E-state index in [0.717, 1.165) is 24.8 Å². The van der Waals surface area contributed by atoms with E-state index < -0.39 is 0 Å². The van der Waals surface area contributed by atoms with Crippen LogP contribution in [0.2, 0.25) is 0 Å². The average Bonchev–Trinajstić information content (AvgIpc) is 2.68. The van der Waals surface area contributed by atoms with Gasteiger partial charge in [-0.1, -0.05) is 12.1 Å². The summed E-state index contributed by atoms with van der Waals surface area (Å²) in [4.78, 5) is 11.0. The number of halogens is 1. The number of amides is 1. The Hall–Kier alpha value is -1.38. The molecule has 1 aliphatic carbocycles. The van der Waals surface area contributed by atoms with Gasteiger partial charge in [0.15, 0.2) is 0 Å². The summed E-state index contributed by atoms with van der Waals surface area (Å²) in [6.45, 7) is 0. The first-order chi connectivity index (χ1) is 7.16. The maximum absolute atomic E-state index is 12.7. The quantitative estimate of drug-likeness (QED) is 0.793. The number of rotatable bonds is 2. The third kappa shape index (κ3) is 2.17. The van der Waals surface area contributed by atoms with Gasteiger partial charge in [0.1, 0.15) is 5.82 Å². The standard InChI is InChI=1S/C12H14FNO/c13-11-5-3-8(4-6-11)9-1-2-10(7-9)12(14)15/h3-6,9-10H,1-2,7H2,(H2,14,15)/t9-,10-/m0/s1. The predicted octanol–water partition coefficient (Wildman–Crippen LogP) is 2.19. The van der Waals surface area contributed by atoms with Crippen molar-refractivity contribution in [2.24, 2.45) is 11.7 Å². The van der Waals surface area contributed by atoms with E-state index in [1.54, 1.807) is 12.1 Å². The lowest BCUT2D eigenvalue weighted by molar-refractivity contribution is -0.121. The number of primary amides is 1. The van der Waals surface area contributed by atoms with E-state index in [1.165, 1.54) is 12.1 Å². The Balaban J connectivity index is 2.07. The van der Waals surface area contributed by atoms with Gasteiger partial charge in [0.25, 0.3) is 0 Å². The number of hydrogen-bond acceptors (Lipinski definition) is 1. The van der Waals surface area contributed by atoms with Crippen LogP contribution in [0.4, 0.5) is 4.39 Å². The SMILES string of the molecule is NC(=O)[C@H]1CC[C@H](c2ccc(F)cc2)C1. The summed E-state index contributed by atoms with van der Waals surface area (Å²) in [5, 5.41) is 0. The Morgan fingerprint density at radius 3 is 2.47 bits per heavy atom. The Labute approximate surface area is 88.3 Å². The van der Waals surface area contributed by atoms with E-state index in [1.807, 2.05) is 0 Å². The zero-order valence-corrected chi connectivity index (χ0v) is 8.45. The van der Waals surface area contributed by atoms with Crippen molar-refractivity contribution >= 4 is 5.91 Å². The molecule has 0 spiro atoms. The van der Waals surface area contributed by atoms with Crippen molar-refractivity contribution in [1.29, 1.82) is 0 Å². The Bertz CT molecular complexity index is 360. The number of nitrogens with two attached hydrogens (primary N) is 1. The first kappa shape index (κ1) is 10.1. The van der Waals surface area contributed by atoms with Crippen molar-refractivity contribution in [3.8, 4) is 0 Å². The van der Waals surface area contributed by atoms with Gasteiger partial charge in [-0.25, -0.2) is 4.39 Å². The minimum atomic E-state index is -0.219. The van der Waals surface area contributed by atoms with Crippen molar-refractivity contribution in [2.75, 3.05) is 0 Å². The number of benzene rings is 1. The van der Waals surface area contributed by atoms with E-state index >= 15 is 0 Å². The second-order valence-corrected chi connectivity index (χ2v) is 4.16. The van der Waals surface area contributed by atoms with E-state index in [4.69, 9.17) is 5.73 Å². The molecule has 0 saturated heterocycles. The molecule has 1 aromatic carbocycles. The molecule has 1 aliphatic rings. The van der Waals surface area contributed by atoms with Gasteiger partial charge in [-0.2, -0.15) is 0 Å². The van der Waals surface area contributed by atoms with Crippen molar-refractivity contribution in [2.45, 2.75) is 25.2 Å². The van der Waals surface area contributed by atoms with Crippen molar-refractivity contribution < 1.29 is 9.18 Å². The minimum Gasteiger partial charge on any atom is -0.369 e. The molecule has 3 heteroatoms. The van der Waals surface area contributed by atoms with Crippen LogP contribution < -0.4 is 5.73 Å². The summed E-state index contributed by atoms with van der Waals surface area (Å²) in [7, 11) is 0. The molecule has 2 atom stereocenters. The van der Waals surface area contributed by atoms with Crippen LogP contribution in [-0.4, -0.2) is 5.91 Å². The molecular formula is C12H14FNO. The second-order valence-electron chi connectivity index (χ2n) is 4.16. The van der Waals surface area contributed by atoms with Gasteiger partial charge in [0.2, 0.25) is 5.91 Å². The molecule has 0 radical (unpaired) electrons. The van der Waals surface area contributed by atoms with Gasteiger partial charge >= 0.3 is 0 Å². The lowest BCUT2D eigenvalue weighted by atomic mass is 9.96. The largest absolute Gasteiger partial charge is 0.369 e. The first-order valence-electron chi connectivity index (χ1n) is 5.21. The molecule has 80 valence electrons. The van der Waals surface area contributed by atoms with Crippen molar-refractivity contribution in [1.82, 2.24) is 0 Å². The van der Waals surface area contributed by atoms with Gasteiger partial charge in [0, 0.05) is 5.92 Å². The highest BCUT2D eigenvalue weighted by Gasteiger charge is 2.29. The third-order valence-corrected chi connectivity index (χ3v) is 3.18. The fourth-order valence-corrected chi connectivity index (χ4v) is 2.28. The fraction of sp³-hybridized carbons (Fsp3) is 0.417. The maximum atomic E-state index is 12.7. The molecule has 0 unspecified atom stereocenters. The monoisotopic (exact) mass is 207 g/mol. The normalized spacial score (nSPS) is 25.4. The third-order valence-electron chi connectivity index (χ3n) is 3.18. The second kappa shape index (κ2) is 4.01. The summed E-state index contributed by atoms with van der Waals surface area (Å²) < 4.78 is 12.7. The molecular weight excluding hydrogens is 193 g/mol. The molecule has 0 bridgehead atoms. The Morgan fingerprint density at radius 1 is 1.27 bits per heavy atom. The Morgan fingerprint density at radius 2 is 1.93 bits per heavy atom. The molecule has 1 fully saturated rings. The van der Waals surface area contributed by atoms with Crippen LogP contribution in [0.15, 0.2) is 24.3 Å². The molecule has 15 heavy (non-hydrogen) atoms. The van der Waals surface area contributed by atoms with Crippen LogP contribution in [0.3, 0.4) is 0 Å². The predicted molar refractivity (Wildman–Crippen MR) is 55.7 cm³/mol. The lowest BCUT2D eigenvalue weighted by Gasteiger charge is -2.09.